The molecule has 144 valence electrons. The van der Waals surface area contributed by atoms with Crippen molar-refractivity contribution in [3.8, 4) is 0 Å². The first-order chi connectivity index (χ1) is 12.2. The molecule has 2 rings (SSSR count). The Hall–Kier alpha value is -1.49. The molecule has 26 heavy (non-hydrogen) atoms. The molecule has 0 spiro atoms. The SMILES string of the molecule is CC[N+]1=C(C)C(C)(CCCCCC(=O)O)c2cc(P(=O)([O-])OC)ccc21. The summed E-state index contributed by atoms with van der Waals surface area (Å²) in [5.74, 6) is -0.766. The van der Waals surface area contributed by atoms with E-state index in [-0.39, 0.29) is 17.1 Å². The molecule has 0 fully saturated rings. The third-order valence-electron chi connectivity index (χ3n) is 5.51. The van der Waals surface area contributed by atoms with Crippen molar-refractivity contribution in [3.63, 3.8) is 0 Å². The summed E-state index contributed by atoms with van der Waals surface area (Å²) >= 11 is 0. The van der Waals surface area contributed by atoms with Gasteiger partial charge in [-0.1, -0.05) is 12.8 Å². The predicted molar refractivity (Wildman–Crippen MR) is 99.9 cm³/mol. The zero-order valence-electron chi connectivity index (χ0n) is 15.9. The van der Waals surface area contributed by atoms with E-state index in [9.17, 15) is 14.3 Å². The topological polar surface area (TPSA) is 89.7 Å². The lowest BCUT2D eigenvalue weighted by molar-refractivity contribution is -0.434. The quantitative estimate of drug-likeness (QED) is 0.404. The Morgan fingerprint density at radius 2 is 2.04 bits per heavy atom. The first-order valence-electron chi connectivity index (χ1n) is 9.02. The van der Waals surface area contributed by atoms with E-state index < -0.39 is 13.6 Å². The summed E-state index contributed by atoms with van der Waals surface area (Å²) in [4.78, 5) is 22.8. The maximum atomic E-state index is 12.1. The molecule has 2 atom stereocenters. The van der Waals surface area contributed by atoms with Gasteiger partial charge in [0.1, 0.15) is 6.54 Å². The van der Waals surface area contributed by atoms with Crippen LogP contribution in [-0.4, -0.2) is 35.0 Å². The summed E-state index contributed by atoms with van der Waals surface area (Å²) in [6, 6.07) is 5.20. The number of rotatable bonds is 9. The molecule has 1 aliphatic heterocycles. The van der Waals surface area contributed by atoms with Crippen molar-refractivity contribution in [3.05, 3.63) is 23.8 Å². The second-order valence-corrected chi connectivity index (χ2v) is 8.87. The van der Waals surface area contributed by atoms with Crippen LogP contribution in [0, 0.1) is 0 Å². The van der Waals surface area contributed by atoms with E-state index in [4.69, 9.17) is 9.63 Å². The molecule has 0 bridgehead atoms. The van der Waals surface area contributed by atoms with Crippen molar-refractivity contribution in [1.82, 2.24) is 0 Å². The average molecular weight is 381 g/mol. The minimum Gasteiger partial charge on any atom is -0.775 e. The fourth-order valence-corrected chi connectivity index (χ4v) is 4.56. The highest BCUT2D eigenvalue weighted by Gasteiger charge is 2.45. The molecule has 1 N–H and O–H groups in total. The van der Waals surface area contributed by atoms with E-state index >= 15 is 0 Å². The van der Waals surface area contributed by atoms with Crippen molar-refractivity contribution < 1.29 is 28.5 Å². The van der Waals surface area contributed by atoms with E-state index in [1.165, 1.54) is 12.8 Å². The normalized spacial score (nSPS) is 21.6. The molecule has 1 heterocycles. The Kier molecular flexibility index (Phi) is 6.43. The van der Waals surface area contributed by atoms with Gasteiger partial charge in [0.2, 0.25) is 5.69 Å². The van der Waals surface area contributed by atoms with Crippen molar-refractivity contribution in [2.75, 3.05) is 13.7 Å². The molecule has 1 aliphatic rings. The largest absolute Gasteiger partial charge is 0.775 e. The van der Waals surface area contributed by atoms with Crippen molar-refractivity contribution in [1.29, 1.82) is 0 Å². The number of unbranched alkanes of at least 4 members (excludes halogenated alkanes) is 2. The number of fused-ring (bicyclic) bond motifs is 1. The Bertz CT molecular complexity index is 773. The van der Waals surface area contributed by atoms with Gasteiger partial charge in [0.05, 0.1) is 5.41 Å². The van der Waals surface area contributed by atoms with Crippen LogP contribution in [0.25, 0.3) is 0 Å². The summed E-state index contributed by atoms with van der Waals surface area (Å²) in [5.41, 5.74) is 2.97. The van der Waals surface area contributed by atoms with E-state index in [1.807, 2.05) is 6.07 Å². The van der Waals surface area contributed by atoms with Gasteiger partial charge in [0, 0.05) is 37.4 Å². The first-order valence-corrected chi connectivity index (χ1v) is 10.6. The van der Waals surface area contributed by atoms with Gasteiger partial charge in [-0.2, -0.15) is 4.58 Å². The molecule has 1 aromatic carbocycles. The van der Waals surface area contributed by atoms with Gasteiger partial charge in [-0.15, -0.1) is 0 Å². The van der Waals surface area contributed by atoms with Crippen molar-refractivity contribution in [2.24, 2.45) is 0 Å². The summed E-state index contributed by atoms with van der Waals surface area (Å²) in [6.07, 6.45) is 3.43. The highest BCUT2D eigenvalue weighted by atomic mass is 31.2. The van der Waals surface area contributed by atoms with Crippen LogP contribution in [0.4, 0.5) is 5.69 Å². The minimum atomic E-state index is -4.05. The molecule has 0 amide bonds. The molecular formula is C19H28NO5P. The van der Waals surface area contributed by atoms with E-state index in [0.29, 0.717) is 6.42 Å². The highest BCUT2D eigenvalue weighted by molar-refractivity contribution is 7.59. The number of benzene rings is 1. The van der Waals surface area contributed by atoms with Crippen molar-refractivity contribution in [2.45, 2.75) is 58.3 Å². The van der Waals surface area contributed by atoms with Crippen LogP contribution in [0.5, 0.6) is 0 Å². The number of nitrogens with zero attached hydrogens (tertiary/aromatic N) is 1. The van der Waals surface area contributed by atoms with Crippen molar-refractivity contribution >= 4 is 30.3 Å². The van der Waals surface area contributed by atoms with Gasteiger partial charge in [-0.05, 0) is 38.8 Å². The molecule has 0 saturated carbocycles. The lowest BCUT2D eigenvalue weighted by Gasteiger charge is -2.25. The Balaban J connectivity index is 2.32. The fraction of sp³-hybridized carbons (Fsp3) is 0.579. The molecule has 6 nitrogen and oxygen atoms in total. The zero-order chi connectivity index (χ0) is 19.5. The smallest absolute Gasteiger partial charge is 0.303 e. The van der Waals surface area contributed by atoms with Gasteiger partial charge in [0.25, 0.3) is 0 Å². The Morgan fingerprint density at radius 3 is 2.62 bits per heavy atom. The van der Waals surface area contributed by atoms with E-state index in [2.05, 4.69) is 25.3 Å². The van der Waals surface area contributed by atoms with Crippen LogP contribution in [0.3, 0.4) is 0 Å². The first kappa shape index (κ1) is 20.8. The maximum Gasteiger partial charge on any atom is 0.303 e. The second kappa shape index (κ2) is 8.03. The average Bonchev–Trinajstić information content (AvgIpc) is 2.81. The van der Waals surface area contributed by atoms with Gasteiger partial charge in [0.15, 0.2) is 13.3 Å². The van der Waals surface area contributed by atoms with Gasteiger partial charge in [-0.25, -0.2) is 0 Å². The van der Waals surface area contributed by atoms with Gasteiger partial charge < -0.3 is 19.1 Å². The predicted octanol–water partition coefficient (Wildman–Crippen LogP) is 2.94. The van der Waals surface area contributed by atoms with Crippen LogP contribution < -0.4 is 10.2 Å². The monoisotopic (exact) mass is 381 g/mol. The third-order valence-corrected chi connectivity index (χ3v) is 6.90. The number of carboxylic acid groups (broad SMARTS) is 1. The molecule has 0 saturated heterocycles. The molecule has 0 radical (unpaired) electrons. The molecule has 2 unspecified atom stereocenters. The van der Waals surface area contributed by atoms with E-state index in [1.54, 1.807) is 12.1 Å². The van der Waals surface area contributed by atoms with Crippen LogP contribution in [-0.2, 0) is 19.3 Å². The fourth-order valence-electron chi connectivity index (χ4n) is 3.81. The van der Waals surface area contributed by atoms with Gasteiger partial charge >= 0.3 is 5.97 Å². The highest BCUT2D eigenvalue weighted by Crippen LogP contribution is 2.45. The van der Waals surface area contributed by atoms with E-state index in [0.717, 1.165) is 37.1 Å². The standard InChI is InChI=1S/C19H28NO5P/c1-5-20-14(2)19(3,12-8-6-7-9-18(21)22)16-13-15(10-11-17(16)20)26(23,24)25-4/h10-11,13H,5-9,12H2,1-4H3,(H-,21,22,23,24). The maximum absolute atomic E-state index is 12.1. The Morgan fingerprint density at radius 1 is 1.35 bits per heavy atom. The summed E-state index contributed by atoms with van der Waals surface area (Å²) in [6.45, 7) is 7.12. The summed E-state index contributed by atoms with van der Waals surface area (Å²) < 4.78 is 19.0. The molecule has 0 aliphatic carbocycles. The number of carbonyl (C=O) groups is 1. The minimum absolute atomic E-state index is 0.189. The number of hydrogen-bond acceptors (Lipinski definition) is 4. The number of aliphatic carboxylic acids is 1. The molecule has 1 aromatic rings. The van der Waals surface area contributed by atoms with Gasteiger partial charge in [-0.3, -0.25) is 4.79 Å². The molecule has 0 aromatic heterocycles. The third kappa shape index (κ3) is 3.93. The zero-order valence-corrected chi connectivity index (χ0v) is 16.8. The van der Waals surface area contributed by atoms with Crippen LogP contribution in [0.15, 0.2) is 18.2 Å². The summed E-state index contributed by atoms with van der Waals surface area (Å²) in [7, 11) is -2.87. The number of hydrogen-bond donors (Lipinski definition) is 1. The van der Waals surface area contributed by atoms with Crippen LogP contribution in [0.2, 0.25) is 0 Å². The summed E-state index contributed by atoms with van der Waals surface area (Å²) in [5, 5.41) is 8.96. The molecular weight excluding hydrogens is 353 g/mol. The lowest BCUT2D eigenvalue weighted by atomic mass is 9.76. The lowest BCUT2D eigenvalue weighted by Crippen LogP contribution is -2.31. The number of carboxylic acids is 1. The van der Waals surface area contributed by atoms with Crippen LogP contribution in [0.1, 0.15) is 58.4 Å². The second-order valence-electron chi connectivity index (χ2n) is 7.00. The Labute approximate surface area is 155 Å². The molecule has 7 heteroatoms. The van der Waals surface area contributed by atoms with Crippen LogP contribution >= 0.6 is 7.60 Å².